The van der Waals surface area contributed by atoms with Crippen LogP contribution in [-0.4, -0.2) is 35.0 Å². The first kappa shape index (κ1) is 11.0. The van der Waals surface area contributed by atoms with Crippen LogP contribution in [0.5, 0.6) is 0 Å². The van der Waals surface area contributed by atoms with Crippen LogP contribution >= 0.6 is 11.3 Å². The van der Waals surface area contributed by atoms with Crippen molar-refractivity contribution in [1.82, 2.24) is 15.5 Å². The summed E-state index contributed by atoms with van der Waals surface area (Å²) in [5.41, 5.74) is 0. The Bertz CT molecular complexity index is 414. The molecule has 0 aromatic carbocycles. The third-order valence-corrected chi connectivity index (χ3v) is 2.86. The zero-order valence-corrected chi connectivity index (χ0v) is 9.80. The van der Waals surface area contributed by atoms with Gasteiger partial charge in [0.1, 0.15) is 5.01 Å². The standard InChI is InChI=1S/C9H13N5OS/c1-6-13-14-9(16-6)12-8(15)7-10-4-2-3-5-11-7/h2-5H2,1H3,(H,10,11)(H,12,14,15). The van der Waals surface area contributed by atoms with E-state index in [9.17, 15) is 4.79 Å². The van der Waals surface area contributed by atoms with E-state index in [1.54, 1.807) is 0 Å². The fourth-order valence-electron chi connectivity index (χ4n) is 1.35. The summed E-state index contributed by atoms with van der Waals surface area (Å²) in [5.74, 6) is 0.156. The van der Waals surface area contributed by atoms with E-state index in [1.165, 1.54) is 11.3 Å². The quantitative estimate of drug-likeness (QED) is 0.790. The van der Waals surface area contributed by atoms with E-state index in [4.69, 9.17) is 0 Å². The maximum atomic E-state index is 11.8. The van der Waals surface area contributed by atoms with Gasteiger partial charge in [-0.2, -0.15) is 0 Å². The van der Waals surface area contributed by atoms with Gasteiger partial charge in [0.2, 0.25) is 5.13 Å². The number of nitrogens with zero attached hydrogens (tertiary/aromatic N) is 3. The lowest BCUT2D eigenvalue weighted by molar-refractivity contribution is -0.110. The molecule has 16 heavy (non-hydrogen) atoms. The molecule has 0 unspecified atom stereocenters. The topological polar surface area (TPSA) is 79.3 Å². The maximum Gasteiger partial charge on any atom is 0.292 e. The van der Waals surface area contributed by atoms with Crippen LogP contribution < -0.4 is 10.6 Å². The highest BCUT2D eigenvalue weighted by molar-refractivity contribution is 7.15. The van der Waals surface area contributed by atoms with Gasteiger partial charge in [-0.05, 0) is 19.8 Å². The SMILES string of the molecule is Cc1nnc(NC(=O)C2=NCCCCN2)s1. The number of aromatic nitrogens is 2. The monoisotopic (exact) mass is 239 g/mol. The molecule has 7 heteroatoms. The second kappa shape index (κ2) is 5.02. The molecule has 1 aromatic rings. The molecule has 0 bridgehead atoms. The predicted molar refractivity (Wildman–Crippen MR) is 62.8 cm³/mol. The normalized spacial score (nSPS) is 15.9. The third-order valence-electron chi connectivity index (χ3n) is 2.11. The lowest BCUT2D eigenvalue weighted by atomic mass is 10.3. The Morgan fingerprint density at radius 2 is 2.31 bits per heavy atom. The van der Waals surface area contributed by atoms with Crippen molar-refractivity contribution in [2.24, 2.45) is 4.99 Å². The molecule has 2 rings (SSSR count). The molecular weight excluding hydrogens is 226 g/mol. The van der Waals surface area contributed by atoms with E-state index in [2.05, 4.69) is 25.8 Å². The van der Waals surface area contributed by atoms with Crippen molar-refractivity contribution < 1.29 is 4.79 Å². The Morgan fingerprint density at radius 1 is 1.44 bits per heavy atom. The largest absolute Gasteiger partial charge is 0.366 e. The molecule has 0 aliphatic carbocycles. The molecule has 86 valence electrons. The number of carbonyl (C=O) groups is 1. The summed E-state index contributed by atoms with van der Waals surface area (Å²) in [6.07, 6.45) is 2.06. The van der Waals surface area contributed by atoms with Gasteiger partial charge in [0.15, 0.2) is 5.84 Å². The molecule has 0 saturated carbocycles. The van der Waals surface area contributed by atoms with Gasteiger partial charge in [0, 0.05) is 13.1 Å². The van der Waals surface area contributed by atoms with Gasteiger partial charge in [-0.25, -0.2) is 0 Å². The molecule has 2 N–H and O–H groups in total. The summed E-state index contributed by atoms with van der Waals surface area (Å²) < 4.78 is 0. The van der Waals surface area contributed by atoms with Crippen LogP contribution in [0.1, 0.15) is 17.8 Å². The van der Waals surface area contributed by atoms with E-state index < -0.39 is 0 Å². The highest BCUT2D eigenvalue weighted by atomic mass is 32.1. The predicted octanol–water partition coefficient (Wildman–Crippen LogP) is 0.567. The second-order valence-electron chi connectivity index (χ2n) is 3.44. The number of hydrogen-bond donors (Lipinski definition) is 2. The zero-order valence-electron chi connectivity index (χ0n) is 8.99. The summed E-state index contributed by atoms with van der Waals surface area (Å²) in [7, 11) is 0. The molecule has 2 heterocycles. The van der Waals surface area contributed by atoms with E-state index >= 15 is 0 Å². The number of aryl methyl sites for hydroxylation is 1. The van der Waals surface area contributed by atoms with Gasteiger partial charge in [-0.1, -0.05) is 11.3 Å². The van der Waals surface area contributed by atoms with Gasteiger partial charge in [-0.3, -0.25) is 15.1 Å². The van der Waals surface area contributed by atoms with E-state index in [-0.39, 0.29) is 5.91 Å². The fourth-order valence-corrected chi connectivity index (χ4v) is 1.93. The van der Waals surface area contributed by atoms with Gasteiger partial charge < -0.3 is 5.32 Å². The van der Waals surface area contributed by atoms with Crippen molar-refractivity contribution >= 4 is 28.2 Å². The third kappa shape index (κ3) is 2.75. The first-order valence-electron chi connectivity index (χ1n) is 5.15. The summed E-state index contributed by atoms with van der Waals surface area (Å²) >= 11 is 1.35. The van der Waals surface area contributed by atoms with Crippen molar-refractivity contribution in [3.8, 4) is 0 Å². The molecule has 1 aliphatic heterocycles. The number of hydrogen-bond acceptors (Lipinski definition) is 6. The first-order valence-corrected chi connectivity index (χ1v) is 5.97. The van der Waals surface area contributed by atoms with Crippen LogP contribution in [0.25, 0.3) is 0 Å². The number of amidine groups is 1. The van der Waals surface area contributed by atoms with Crippen molar-refractivity contribution in [2.75, 3.05) is 18.4 Å². The average molecular weight is 239 g/mol. The van der Waals surface area contributed by atoms with Crippen molar-refractivity contribution in [3.63, 3.8) is 0 Å². The molecule has 0 saturated heterocycles. The zero-order chi connectivity index (χ0) is 11.4. The van der Waals surface area contributed by atoms with Crippen molar-refractivity contribution in [1.29, 1.82) is 0 Å². The molecule has 0 spiro atoms. The summed E-state index contributed by atoms with van der Waals surface area (Å²) in [4.78, 5) is 15.9. The highest BCUT2D eigenvalue weighted by Gasteiger charge is 2.14. The smallest absolute Gasteiger partial charge is 0.292 e. The average Bonchev–Trinajstić information content (AvgIpc) is 2.56. The van der Waals surface area contributed by atoms with Gasteiger partial charge in [0.25, 0.3) is 5.91 Å². The van der Waals surface area contributed by atoms with Crippen LogP contribution in [-0.2, 0) is 4.79 Å². The minimum atomic E-state index is -0.238. The van der Waals surface area contributed by atoms with Crippen LogP contribution in [0, 0.1) is 6.92 Å². The number of aliphatic imine (C=N–C) groups is 1. The summed E-state index contributed by atoms with van der Waals surface area (Å²) in [5, 5.41) is 14.7. The minimum absolute atomic E-state index is 0.238. The molecule has 0 atom stereocenters. The van der Waals surface area contributed by atoms with E-state index in [0.717, 1.165) is 24.4 Å². The van der Waals surface area contributed by atoms with Crippen LogP contribution in [0.4, 0.5) is 5.13 Å². The first-order chi connectivity index (χ1) is 7.75. The molecule has 1 amide bonds. The minimum Gasteiger partial charge on any atom is -0.366 e. The van der Waals surface area contributed by atoms with Gasteiger partial charge in [0.05, 0.1) is 0 Å². The second-order valence-corrected chi connectivity index (χ2v) is 4.63. The number of carbonyl (C=O) groups excluding carboxylic acids is 1. The number of nitrogens with one attached hydrogen (secondary N) is 2. The van der Waals surface area contributed by atoms with Crippen LogP contribution in [0.3, 0.4) is 0 Å². The van der Waals surface area contributed by atoms with Crippen molar-refractivity contribution in [3.05, 3.63) is 5.01 Å². The maximum absolute atomic E-state index is 11.8. The highest BCUT2D eigenvalue weighted by Crippen LogP contribution is 2.13. The Balaban J connectivity index is 1.99. The summed E-state index contributed by atoms with van der Waals surface area (Å²) in [6, 6.07) is 0. The Morgan fingerprint density at radius 3 is 3.06 bits per heavy atom. The Hall–Kier alpha value is -1.50. The molecule has 1 aromatic heterocycles. The lowest BCUT2D eigenvalue weighted by Gasteiger charge is -2.05. The molecular formula is C9H13N5OS. The van der Waals surface area contributed by atoms with E-state index in [0.29, 0.717) is 17.5 Å². The number of rotatable bonds is 2. The molecule has 1 aliphatic rings. The van der Waals surface area contributed by atoms with Gasteiger partial charge >= 0.3 is 0 Å². The van der Waals surface area contributed by atoms with Crippen LogP contribution in [0.2, 0.25) is 0 Å². The lowest BCUT2D eigenvalue weighted by Crippen LogP contribution is -2.35. The number of amides is 1. The Labute approximate surface area is 97.2 Å². The van der Waals surface area contributed by atoms with Gasteiger partial charge in [-0.15, -0.1) is 10.2 Å². The number of anilines is 1. The van der Waals surface area contributed by atoms with Crippen molar-refractivity contribution in [2.45, 2.75) is 19.8 Å². The molecule has 0 radical (unpaired) electrons. The summed E-state index contributed by atoms with van der Waals surface area (Å²) in [6.45, 7) is 3.33. The van der Waals surface area contributed by atoms with Crippen LogP contribution in [0.15, 0.2) is 4.99 Å². The fraction of sp³-hybridized carbons (Fsp3) is 0.556. The molecule has 6 nitrogen and oxygen atoms in total. The van der Waals surface area contributed by atoms with E-state index in [1.807, 2.05) is 6.92 Å². The Kier molecular flexibility index (Phi) is 3.45. The molecule has 0 fully saturated rings.